The Labute approximate surface area is 172 Å². The first-order chi connectivity index (χ1) is 14.1. The first-order valence-electron chi connectivity index (χ1n) is 10.2. The number of nitrogens with zero attached hydrogens (tertiary/aromatic N) is 3. The van der Waals surface area contributed by atoms with Crippen LogP contribution in [0.2, 0.25) is 0 Å². The van der Waals surface area contributed by atoms with E-state index in [2.05, 4.69) is 60.1 Å². The van der Waals surface area contributed by atoms with Gasteiger partial charge in [-0.25, -0.2) is 4.98 Å². The van der Waals surface area contributed by atoms with Crippen molar-refractivity contribution in [3.05, 3.63) is 71.7 Å². The third kappa shape index (κ3) is 4.67. The maximum Gasteiger partial charge on any atom is 0.223 e. The Morgan fingerprint density at radius 3 is 2.48 bits per heavy atom. The van der Waals surface area contributed by atoms with Crippen molar-refractivity contribution in [2.24, 2.45) is 0 Å². The Bertz CT molecular complexity index is 970. The van der Waals surface area contributed by atoms with Crippen molar-refractivity contribution >= 4 is 11.6 Å². The predicted octanol–water partition coefficient (Wildman–Crippen LogP) is 4.24. The van der Waals surface area contributed by atoms with Crippen molar-refractivity contribution in [1.29, 1.82) is 0 Å². The zero-order valence-corrected chi connectivity index (χ0v) is 17.1. The number of hydrogen-bond donors (Lipinski definition) is 0. The first-order valence-corrected chi connectivity index (χ1v) is 10.2. The molecule has 0 aliphatic carbocycles. The Morgan fingerprint density at radius 2 is 1.76 bits per heavy atom. The molecule has 0 radical (unpaired) electrons. The molecule has 1 saturated heterocycles. The highest BCUT2D eigenvalue weighted by Crippen LogP contribution is 2.22. The molecule has 2 heterocycles. The van der Waals surface area contributed by atoms with Gasteiger partial charge >= 0.3 is 0 Å². The normalized spacial score (nSPS) is 14.3. The topological polar surface area (TPSA) is 49.6 Å². The summed E-state index contributed by atoms with van der Waals surface area (Å²) < 4.78 is 5.84. The highest BCUT2D eigenvalue weighted by Gasteiger charge is 2.21. The van der Waals surface area contributed by atoms with Gasteiger partial charge in [-0.2, -0.15) is 0 Å². The minimum Gasteiger partial charge on any atom is -0.441 e. The second kappa shape index (κ2) is 8.52. The van der Waals surface area contributed by atoms with Gasteiger partial charge in [-0.05, 0) is 31.5 Å². The van der Waals surface area contributed by atoms with Crippen LogP contribution in [0.1, 0.15) is 23.4 Å². The number of amides is 1. The molecular weight excluding hydrogens is 362 g/mol. The van der Waals surface area contributed by atoms with E-state index < -0.39 is 0 Å². The SMILES string of the molecule is Cc1ccc(-c2cnc(CCC(=O)N3CCN(c4cccc(C)c4)CC3)o2)cc1. The lowest BCUT2D eigenvalue weighted by Crippen LogP contribution is -2.48. The number of rotatable bonds is 5. The van der Waals surface area contributed by atoms with E-state index in [-0.39, 0.29) is 5.91 Å². The van der Waals surface area contributed by atoms with Crippen molar-refractivity contribution < 1.29 is 9.21 Å². The summed E-state index contributed by atoms with van der Waals surface area (Å²) in [6.07, 6.45) is 2.70. The summed E-state index contributed by atoms with van der Waals surface area (Å²) in [5, 5.41) is 0. The van der Waals surface area contributed by atoms with Crippen LogP contribution in [0.5, 0.6) is 0 Å². The molecule has 0 bridgehead atoms. The minimum absolute atomic E-state index is 0.170. The number of carbonyl (C=O) groups is 1. The zero-order valence-electron chi connectivity index (χ0n) is 17.1. The summed E-state index contributed by atoms with van der Waals surface area (Å²) in [5.74, 6) is 1.54. The summed E-state index contributed by atoms with van der Waals surface area (Å²) in [5.41, 5.74) is 4.71. The van der Waals surface area contributed by atoms with E-state index in [4.69, 9.17) is 4.42 Å². The summed E-state index contributed by atoms with van der Waals surface area (Å²) in [6.45, 7) is 7.41. The third-order valence-corrected chi connectivity index (χ3v) is 5.44. The van der Waals surface area contributed by atoms with E-state index in [1.165, 1.54) is 16.8 Å². The lowest BCUT2D eigenvalue weighted by atomic mass is 10.1. The summed E-state index contributed by atoms with van der Waals surface area (Å²) >= 11 is 0. The van der Waals surface area contributed by atoms with Crippen LogP contribution in [0.15, 0.2) is 59.1 Å². The van der Waals surface area contributed by atoms with Crippen LogP contribution in [0.3, 0.4) is 0 Å². The predicted molar refractivity (Wildman–Crippen MR) is 115 cm³/mol. The molecule has 150 valence electrons. The van der Waals surface area contributed by atoms with E-state index in [1.54, 1.807) is 6.20 Å². The van der Waals surface area contributed by atoms with Crippen LogP contribution in [0.25, 0.3) is 11.3 Å². The molecule has 1 aliphatic rings. The molecule has 1 fully saturated rings. The molecular formula is C24H27N3O2. The molecule has 0 N–H and O–H groups in total. The number of benzene rings is 2. The lowest BCUT2D eigenvalue weighted by Gasteiger charge is -2.36. The van der Waals surface area contributed by atoms with Crippen LogP contribution in [0, 0.1) is 13.8 Å². The smallest absolute Gasteiger partial charge is 0.223 e. The minimum atomic E-state index is 0.170. The van der Waals surface area contributed by atoms with Gasteiger partial charge in [-0.15, -0.1) is 0 Å². The Kier molecular flexibility index (Phi) is 5.65. The van der Waals surface area contributed by atoms with E-state index in [0.29, 0.717) is 18.7 Å². The average Bonchev–Trinajstić information content (AvgIpc) is 3.22. The number of aromatic nitrogens is 1. The average molecular weight is 389 g/mol. The standard InChI is InChI=1S/C24H27N3O2/c1-18-6-8-20(9-7-18)22-17-25-23(29-22)10-11-24(28)27-14-12-26(13-15-27)21-5-3-4-19(2)16-21/h3-9,16-17H,10-15H2,1-2H3. The molecule has 0 atom stereocenters. The fraction of sp³-hybridized carbons (Fsp3) is 0.333. The van der Waals surface area contributed by atoms with E-state index >= 15 is 0 Å². The van der Waals surface area contributed by atoms with Crippen LogP contribution in [-0.4, -0.2) is 42.0 Å². The third-order valence-electron chi connectivity index (χ3n) is 5.44. The van der Waals surface area contributed by atoms with Crippen LogP contribution >= 0.6 is 0 Å². The molecule has 1 aliphatic heterocycles. The molecule has 5 nitrogen and oxygen atoms in total. The molecule has 1 amide bonds. The van der Waals surface area contributed by atoms with Gasteiger partial charge in [-0.1, -0.05) is 42.0 Å². The highest BCUT2D eigenvalue weighted by atomic mass is 16.4. The van der Waals surface area contributed by atoms with Crippen LogP contribution in [0.4, 0.5) is 5.69 Å². The van der Waals surface area contributed by atoms with E-state index in [9.17, 15) is 4.79 Å². The summed E-state index contributed by atoms with van der Waals surface area (Å²) in [7, 11) is 0. The lowest BCUT2D eigenvalue weighted by molar-refractivity contribution is -0.131. The zero-order chi connectivity index (χ0) is 20.2. The molecule has 0 unspecified atom stereocenters. The fourth-order valence-electron chi connectivity index (χ4n) is 3.69. The second-order valence-corrected chi connectivity index (χ2v) is 7.69. The van der Waals surface area contributed by atoms with E-state index in [0.717, 1.165) is 37.5 Å². The second-order valence-electron chi connectivity index (χ2n) is 7.69. The maximum absolute atomic E-state index is 12.6. The van der Waals surface area contributed by atoms with Gasteiger partial charge in [0.15, 0.2) is 11.7 Å². The quantitative estimate of drug-likeness (QED) is 0.655. The van der Waals surface area contributed by atoms with Crippen LogP contribution in [-0.2, 0) is 11.2 Å². The molecule has 2 aromatic carbocycles. The van der Waals surface area contributed by atoms with Crippen molar-refractivity contribution in [2.45, 2.75) is 26.7 Å². The van der Waals surface area contributed by atoms with Gasteiger partial charge in [-0.3, -0.25) is 4.79 Å². The van der Waals surface area contributed by atoms with Crippen LogP contribution < -0.4 is 4.90 Å². The molecule has 0 spiro atoms. The molecule has 4 rings (SSSR count). The van der Waals surface area contributed by atoms with Gasteiger partial charge in [0, 0.05) is 50.3 Å². The van der Waals surface area contributed by atoms with Gasteiger partial charge in [0.05, 0.1) is 6.20 Å². The molecule has 5 heteroatoms. The monoisotopic (exact) mass is 389 g/mol. The number of anilines is 1. The fourth-order valence-corrected chi connectivity index (χ4v) is 3.69. The first kappa shape index (κ1) is 19.2. The molecule has 29 heavy (non-hydrogen) atoms. The summed E-state index contributed by atoms with van der Waals surface area (Å²) in [6, 6.07) is 16.7. The highest BCUT2D eigenvalue weighted by molar-refractivity contribution is 5.76. The Morgan fingerprint density at radius 1 is 1.00 bits per heavy atom. The molecule has 0 saturated carbocycles. The number of aryl methyl sites for hydroxylation is 3. The Balaban J connectivity index is 1.28. The number of carbonyl (C=O) groups excluding carboxylic acids is 1. The largest absolute Gasteiger partial charge is 0.441 e. The number of hydrogen-bond acceptors (Lipinski definition) is 4. The summed E-state index contributed by atoms with van der Waals surface area (Å²) in [4.78, 5) is 21.3. The Hall–Kier alpha value is -3.08. The van der Waals surface area contributed by atoms with Crippen molar-refractivity contribution in [2.75, 3.05) is 31.1 Å². The number of piperazine rings is 1. The number of oxazole rings is 1. The van der Waals surface area contributed by atoms with Gasteiger partial charge in [0.25, 0.3) is 0 Å². The van der Waals surface area contributed by atoms with Gasteiger partial charge in [0.1, 0.15) is 0 Å². The van der Waals surface area contributed by atoms with Gasteiger partial charge in [0.2, 0.25) is 5.91 Å². The van der Waals surface area contributed by atoms with Crippen molar-refractivity contribution in [3.8, 4) is 11.3 Å². The van der Waals surface area contributed by atoms with E-state index in [1.807, 2.05) is 17.0 Å². The maximum atomic E-state index is 12.6. The van der Waals surface area contributed by atoms with Crippen molar-refractivity contribution in [1.82, 2.24) is 9.88 Å². The molecule has 1 aromatic heterocycles. The molecule has 3 aromatic rings. The van der Waals surface area contributed by atoms with Gasteiger partial charge < -0.3 is 14.2 Å². The van der Waals surface area contributed by atoms with Crippen molar-refractivity contribution in [3.63, 3.8) is 0 Å².